The number of benzene rings is 3. The van der Waals surface area contributed by atoms with Crippen LogP contribution in [0.3, 0.4) is 0 Å². The Kier molecular flexibility index (Phi) is 6.30. The van der Waals surface area contributed by atoms with Gasteiger partial charge in [0.1, 0.15) is 17.1 Å². The van der Waals surface area contributed by atoms with Gasteiger partial charge in [-0.2, -0.15) is 13.2 Å². The van der Waals surface area contributed by atoms with E-state index in [0.29, 0.717) is 17.9 Å². The molecule has 0 aliphatic carbocycles. The molecule has 0 aromatic heterocycles. The summed E-state index contributed by atoms with van der Waals surface area (Å²) in [6.45, 7) is 0. The molecule has 168 valence electrons. The minimum absolute atomic E-state index is 0.176. The van der Waals surface area contributed by atoms with E-state index >= 15 is 0 Å². The van der Waals surface area contributed by atoms with E-state index in [9.17, 15) is 31.5 Å². The minimum atomic E-state index is -4.75. The van der Waals surface area contributed by atoms with Gasteiger partial charge in [-0.3, -0.25) is 4.72 Å². The molecule has 0 saturated heterocycles. The summed E-state index contributed by atoms with van der Waals surface area (Å²) in [5, 5.41) is 9.29. The highest BCUT2D eigenvalue weighted by atomic mass is 32.2. The molecular weight excluding hydrogens is 451 g/mol. The predicted octanol–water partition coefficient (Wildman–Crippen LogP) is 5.01. The summed E-state index contributed by atoms with van der Waals surface area (Å²) in [4.78, 5) is 11.2. The molecule has 0 amide bonds. The third-order valence-corrected chi connectivity index (χ3v) is 5.64. The molecule has 3 aromatic rings. The van der Waals surface area contributed by atoms with Crippen molar-refractivity contribution in [3.63, 3.8) is 0 Å². The summed E-state index contributed by atoms with van der Waals surface area (Å²) in [6, 6.07) is 12.8. The van der Waals surface area contributed by atoms with Crippen molar-refractivity contribution in [1.29, 1.82) is 0 Å². The van der Waals surface area contributed by atoms with Gasteiger partial charge in [0.2, 0.25) is 0 Å². The van der Waals surface area contributed by atoms with Crippen LogP contribution in [-0.2, 0) is 16.2 Å². The topological polar surface area (TPSA) is 102 Å². The third kappa shape index (κ3) is 5.11. The number of carboxylic acids is 1. The monoisotopic (exact) mass is 467 g/mol. The number of anilines is 1. The van der Waals surface area contributed by atoms with Crippen molar-refractivity contribution < 1.29 is 41.0 Å². The number of carboxylic acid groups (broad SMARTS) is 1. The predicted molar refractivity (Wildman–Crippen MR) is 109 cm³/mol. The lowest BCUT2D eigenvalue weighted by Gasteiger charge is -2.17. The van der Waals surface area contributed by atoms with E-state index in [1.165, 1.54) is 55.6 Å². The van der Waals surface area contributed by atoms with Crippen LogP contribution < -0.4 is 14.2 Å². The zero-order valence-electron chi connectivity index (χ0n) is 16.4. The number of rotatable bonds is 7. The summed E-state index contributed by atoms with van der Waals surface area (Å²) < 4.78 is 77.7. The first-order chi connectivity index (χ1) is 15.0. The number of para-hydroxylation sites is 1. The molecule has 3 rings (SSSR count). The molecule has 0 bridgehead atoms. The summed E-state index contributed by atoms with van der Waals surface area (Å²) in [7, 11) is -2.92. The molecule has 0 saturated carbocycles. The Morgan fingerprint density at radius 2 is 1.62 bits per heavy atom. The van der Waals surface area contributed by atoms with E-state index in [1.54, 1.807) is 0 Å². The largest absolute Gasteiger partial charge is 0.497 e. The lowest BCUT2D eigenvalue weighted by molar-refractivity contribution is -0.137. The van der Waals surface area contributed by atoms with E-state index in [-0.39, 0.29) is 22.0 Å². The molecule has 0 spiro atoms. The molecule has 0 fully saturated rings. The summed E-state index contributed by atoms with van der Waals surface area (Å²) in [6.07, 6.45) is -4.75. The first kappa shape index (κ1) is 22.9. The van der Waals surface area contributed by atoms with Gasteiger partial charge in [0.05, 0.1) is 23.3 Å². The number of ether oxygens (including phenoxy) is 2. The molecule has 0 heterocycles. The summed E-state index contributed by atoms with van der Waals surface area (Å²) >= 11 is 0. The number of carbonyl (C=O) groups is 1. The van der Waals surface area contributed by atoms with Crippen molar-refractivity contribution in [3.8, 4) is 17.2 Å². The quantitative estimate of drug-likeness (QED) is 0.507. The van der Waals surface area contributed by atoms with Crippen molar-refractivity contribution in [3.05, 3.63) is 77.9 Å². The lowest BCUT2D eigenvalue weighted by Crippen LogP contribution is -2.15. The van der Waals surface area contributed by atoms with Gasteiger partial charge in [0.15, 0.2) is 5.75 Å². The Hall–Kier alpha value is -3.73. The average Bonchev–Trinajstić information content (AvgIpc) is 2.74. The normalized spacial score (nSPS) is 11.6. The maximum atomic E-state index is 13.2. The molecule has 2 N–H and O–H groups in total. The molecule has 0 radical (unpaired) electrons. The van der Waals surface area contributed by atoms with Crippen LogP contribution in [0, 0.1) is 0 Å². The van der Waals surface area contributed by atoms with Gasteiger partial charge in [-0.15, -0.1) is 0 Å². The Balaban J connectivity index is 2.05. The smallest absolute Gasteiger partial charge is 0.416 e. The first-order valence-electron chi connectivity index (χ1n) is 8.89. The Bertz CT molecular complexity index is 1240. The van der Waals surface area contributed by atoms with Crippen molar-refractivity contribution in [2.75, 3.05) is 11.8 Å². The maximum absolute atomic E-state index is 13.2. The van der Waals surface area contributed by atoms with Crippen LogP contribution in [0.25, 0.3) is 0 Å². The van der Waals surface area contributed by atoms with Crippen LogP contribution in [0.5, 0.6) is 17.2 Å². The fourth-order valence-electron chi connectivity index (χ4n) is 2.68. The zero-order chi connectivity index (χ0) is 23.5. The summed E-state index contributed by atoms with van der Waals surface area (Å²) in [5.74, 6) is -1.43. The zero-order valence-corrected chi connectivity index (χ0v) is 17.2. The van der Waals surface area contributed by atoms with E-state index in [2.05, 4.69) is 4.72 Å². The fraction of sp³-hybridized carbons (Fsp3) is 0.0952. The number of methoxy groups -OCH3 is 1. The molecular formula is C21H16F3NO6S. The van der Waals surface area contributed by atoms with Crippen LogP contribution in [0.2, 0.25) is 0 Å². The molecule has 0 atom stereocenters. The van der Waals surface area contributed by atoms with E-state index < -0.39 is 33.4 Å². The van der Waals surface area contributed by atoms with E-state index in [0.717, 1.165) is 6.07 Å². The van der Waals surface area contributed by atoms with Crippen molar-refractivity contribution in [2.24, 2.45) is 0 Å². The molecule has 7 nitrogen and oxygen atoms in total. The van der Waals surface area contributed by atoms with Gasteiger partial charge in [-0.25, -0.2) is 13.2 Å². The SMILES string of the molecule is COc1ccc(S(=O)(=O)Nc2cc(C(F)(F)F)ccc2Oc2ccccc2C(=O)O)cc1. The standard InChI is InChI=1S/C21H16F3NO6S/c1-30-14-7-9-15(10-8-14)32(28,29)25-17-12-13(21(22,23)24)6-11-19(17)31-18-5-3-2-4-16(18)20(26)27/h2-12,25H,1H3,(H,26,27). The van der Waals surface area contributed by atoms with E-state index in [4.69, 9.17) is 9.47 Å². The van der Waals surface area contributed by atoms with E-state index in [1.807, 2.05) is 0 Å². The number of sulfonamides is 1. The second-order valence-corrected chi connectivity index (χ2v) is 8.08. The van der Waals surface area contributed by atoms with Gasteiger partial charge in [-0.1, -0.05) is 12.1 Å². The molecule has 3 aromatic carbocycles. The van der Waals surface area contributed by atoms with Crippen molar-refractivity contribution in [2.45, 2.75) is 11.1 Å². The molecule has 0 unspecified atom stereocenters. The number of aromatic carboxylic acids is 1. The van der Waals surface area contributed by atoms with Gasteiger partial charge in [-0.05, 0) is 54.6 Å². The third-order valence-electron chi connectivity index (χ3n) is 4.26. The Labute approximate surface area is 181 Å². The lowest BCUT2D eigenvalue weighted by atomic mass is 10.1. The fourth-order valence-corrected chi connectivity index (χ4v) is 3.75. The summed E-state index contributed by atoms with van der Waals surface area (Å²) in [5.41, 5.74) is -1.89. The number of halogens is 3. The van der Waals surface area contributed by atoms with Gasteiger partial charge >= 0.3 is 12.1 Å². The number of hydrogen-bond acceptors (Lipinski definition) is 5. The van der Waals surface area contributed by atoms with Crippen molar-refractivity contribution in [1.82, 2.24) is 0 Å². The van der Waals surface area contributed by atoms with Crippen LogP contribution in [-0.4, -0.2) is 26.6 Å². The molecule has 32 heavy (non-hydrogen) atoms. The van der Waals surface area contributed by atoms with Crippen LogP contribution >= 0.6 is 0 Å². The second kappa shape index (κ2) is 8.79. The van der Waals surface area contributed by atoms with Gasteiger partial charge in [0.25, 0.3) is 10.0 Å². The number of nitrogens with one attached hydrogen (secondary N) is 1. The van der Waals surface area contributed by atoms with Gasteiger partial charge < -0.3 is 14.6 Å². The van der Waals surface area contributed by atoms with Crippen molar-refractivity contribution >= 4 is 21.7 Å². The average molecular weight is 467 g/mol. The number of alkyl halides is 3. The number of hydrogen-bond donors (Lipinski definition) is 2. The molecule has 0 aliphatic rings. The Morgan fingerprint density at radius 1 is 0.969 bits per heavy atom. The van der Waals surface area contributed by atoms with Crippen LogP contribution in [0.1, 0.15) is 15.9 Å². The molecule has 0 aliphatic heterocycles. The maximum Gasteiger partial charge on any atom is 0.416 e. The van der Waals surface area contributed by atoms with Gasteiger partial charge in [0, 0.05) is 0 Å². The first-order valence-corrected chi connectivity index (χ1v) is 10.4. The highest BCUT2D eigenvalue weighted by Gasteiger charge is 2.32. The highest BCUT2D eigenvalue weighted by Crippen LogP contribution is 2.38. The van der Waals surface area contributed by atoms with Crippen LogP contribution in [0.15, 0.2) is 71.6 Å². The molecule has 11 heteroatoms. The minimum Gasteiger partial charge on any atom is -0.497 e. The van der Waals surface area contributed by atoms with Crippen LogP contribution in [0.4, 0.5) is 18.9 Å². The highest BCUT2D eigenvalue weighted by molar-refractivity contribution is 7.92. The second-order valence-electron chi connectivity index (χ2n) is 6.39. The Morgan fingerprint density at radius 3 is 2.22 bits per heavy atom.